The topological polar surface area (TPSA) is 37.4 Å². The smallest absolute Gasteiger partial charge is 0.0678 e. The summed E-state index contributed by atoms with van der Waals surface area (Å²) >= 11 is 0. The van der Waals surface area contributed by atoms with Crippen LogP contribution in [0.5, 0.6) is 0 Å². The van der Waals surface area contributed by atoms with Gasteiger partial charge in [0.1, 0.15) is 0 Å². The quantitative estimate of drug-likeness (QED) is 0.809. The van der Waals surface area contributed by atoms with Crippen molar-refractivity contribution in [2.24, 2.45) is 0 Å². The van der Waals surface area contributed by atoms with Crippen molar-refractivity contribution in [2.75, 3.05) is 19.6 Å². The van der Waals surface area contributed by atoms with Gasteiger partial charge < -0.3 is 10.1 Å². The van der Waals surface area contributed by atoms with E-state index in [1.807, 2.05) is 6.20 Å². The van der Waals surface area contributed by atoms with Crippen LogP contribution in [0.3, 0.4) is 0 Å². The van der Waals surface area contributed by atoms with Crippen molar-refractivity contribution >= 4 is 0 Å². The molecule has 1 aromatic heterocycles. The van der Waals surface area contributed by atoms with E-state index >= 15 is 0 Å². The van der Waals surface area contributed by atoms with Crippen molar-refractivity contribution in [3.63, 3.8) is 0 Å². The Morgan fingerprint density at radius 2 is 2.05 bits per heavy atom. The fourth-order valence-corrected chi connectivity index (χ4v) is 2.71. The lowest BCUT2D eigenvalue weighted by atomic mass is 10.2. The molecule has 2 atom stereocenters. The van der Waals surface area contributed by atoms with E-state index in [0.29, 0.717) is 12.2 Å². The van der Waals surface area contributed by atoms with Gasteiger partial charge >= 0.3 is 0 Å². The second-order valence-electron chi connectivity index (χ2n) is 5.79. The fraction of sp³-hybridized carbons (Fsp3) is 0.688. The van der Waals surface area contributed by atoms with Crippen molar-refractivity contribution in [3.05, 3.63) is 29.6 Å². The minimum absolute atomic E-state index is 0.316. The summed E-state index contributed by atoms with van der Waals surface area (Å²) in [6, 6.07) is 4.33. The van der Waals surface area contributed by atoms with Crippen LogP contribution in [0.15, 0.2) is 18.3 Å². The van der Waals surface area contributed by atoms with Gasteiger partial charge in [0.05, 0.1) is 17.9 Å². The molecule has 4 heteroatoms. The average Bonchev–Trinajstić information content (AvgIpc) is 2.40. The number of nitrogens with zero attached hydrogens (tertiary/aromatic N) is 2. The summed E-state index contributed by atoms with van der Waals surface area (Å²) in [7, 11) is 0. The molecule has 2 heterocycles. The van der Waals surface area contributed by atoms with Crippen LogP contribution in [-0.2, 0) is 17.8 Å². The molecule has 1 fully saturated rings. The van der Waals surface area contributed by atoms with Crippen molar-refractivity contribution in [1.82, 2.24) is 15.2 Å². The minimum atomic E-state index is 0.316. The van der Waals surface area contributed by atoms with E-state index in [1.54, 1.807) is 0 Å². The van der Waals surface area contributed by atoms with Crippen LogP contribution in [0, 0.1) is 0 Å². The van der Waals surface area contributed by atoms with E-state index in [-0.39, 0.29) is 0 Å². The largest absolute Gasteiger partial charge is 0.373 e. The van der Waals surface area contributed by atoms with Gasteiger partial charge in [-0.2, -0.15) is 0 Å². The van der Waals surface area contributed by atoms with Gasteiger partial charge in [-0.1, -0.05) is 13.0 Å². The number of nitrogens with one attached hydrogen (secondary N) is 1. The Morgan fingerprint density at radius 1 is 1.30 bits per heavy atom. The van der Waals surface area contributed by atoms with Crippen molar-refractivity contribution in [1.29, 1.82) is 0 Å². The lowest BCUT2D eigenvalue weighted by Crippen LogP contribution is -2.44. The summed E-state index contributed by atoms with van der Waals surface area (Å²) in [6.07, 6.45) is 3.79. The molecular weight excluding hydrogens is 250 g/mol. The maximum absolute atomic E-state index is 5.76. The summed E-state index contributed by atoms with van der Waals surface area (Å²) in [5, 5.41) is 3.40. The Morgan fingerprint density at radius 3 is 2.65 bits per heavy atom. The summed E-state index contributed by atoms with van der Waals surface area (Å²) in [5.74, 6) is 0. The normalized spacial score (nSPS) is 23.9. The minimum Gasteiger partial charge on any atom is -0.373 e. The Bertz CT molecular complexity index is 383. The van der Waals surface area contributed by atoms with Gasteiger partial charge in [0, 0.05) is 32.4 Å². The number of morpholine rings is 1. The predicted molar refractivity (Wildman–Crippen MR) is 81.5 cm³/mol. The molecule has 1 aliphatic heterocycles. The third-order valence-corrected chi connectivity index (χ3v) is 3.52. The summed E-state index contributed by atoms with van der Waals surface area (Å²) in [4.78, 5) is 7.01. The van der Waals surface area contributed by atoms with Gasteiger partial charge in [-0.15, -0.1) is 0 Å². The molecule has 0 amide bonds. The van der Waals surface area contributed by atoms with Gasteiger partial charge in [0.25, 0.3) is 0 Å². The number of hydrogen-bond donors (Lipinski definition) is 1. The number of pyridine rings is 1. The monoisotopic (exact) mass is 277 g/mol. The molecule has 0 saturated carbocycles. The summed E-state index contributed by atoms with van der Waals surface area (Å²) in [5.41, 5.74) is 2.40. The molecule has 0 aliphatic carbocycles. The molecule has 1 aliphatic rings. The first-order chi connectivity index (χ1) is 9.67. The van der Waals surface area contributed by atoms with E-state index in [4.69, 9.17) is 4.74 Å². The molecule has 2 rings (SSSR count). The van der Waals surface area contributed by atoms with Crippen LogP contribution < -0.4 is 5.32 Å². The predicted octanol–water partition coefficient (Wildman–Crippen LogP) is 2.19. The number of aromatic nitrogens is 1. The molecule has 4 nitrogen and oxygen atoms in total. The Balaban J connectivity index is 1.83. The fourth-order valence-electron chi connectivity index (χ4n) is 2.71. The molecule has 1 saturated heterocycles. The molecule has 0 aromatic carbocycles. The van der Waals surface area contributed by atoms with E-state index < -0.39 is 0 Å². The first-order valence-corrected chi connectivity index (χ1v) is 7.69. The van der Waals surface area contributed by atoms with Crippen LogP contribution in [-0.4, -0.2) is 41.7 Å². The SMILES string of the molecule is CCCNCc1ccc(CN2C[C@@H](C)O[C@@H](C)C2)nc1. The van der Waals surface area contributed by atoms with Crippen molar-refractivity contribution in [2.45, 2.75) is 52.5 Å². The van der Waals surface area contributed by atoms with E-state index in [0.717, 1.165) is 38.4 Å². The molecule has 1 aromatic rings. The summed E-state index contributed by atoms with van der Waals surface area (Å²) < 4.78 is 5.76. The third kappa shape index (κ3) is 4.85. The standard InChI is InChI=1S/C16H27N3O/c1-4-7-17-8-15-5-6-16(18-9-15)12-19-10-13(2)20-14(3)11-19/h5-6,9,13-14,17H,4,7-8,10-12H2,1-3H3/t13-,14+. The van der Waals surface area contributed by atoms with Gasteiger partial charge in [0.15, 0.2) is 0 Å². The van der Waals surface area contributed by atoms with E-state index in [2.05, 4.69) is 48.1 Å². The summed E-state index contributed by atoms with van der Waals surface area (Å²) in [6.45, 7) is 11.3. The first kappa shape index (κ1) is 15.4. The highest BCUT2D eigenvalue weighted by atomic mass is 16.5. The van der Waals surface area contributed by atoms with Crippen LogP contribution in [0.2, 0.25) is 0 Å². The van der Waals surface area contributed by atoms with Crippen LogP contribution in [0.4, 0.5) is 0 Å². The highest BCUT2D eigenvalue weighted by molar-refractivity contribution is 5.14. The lowest BCUT2D eigenvalue weighted by molar-refractivity contribution is -0.0707. The Kier molecular flexibility index (Phi) is 5.95. The highest BCUT2D eigenvalue weighted by Gasteiger charge is 2.22. The number of ether oxygens (including phenoxy) is 1. The molecule has 0 unspecified atom stereocenters. The third-order valence-electron chi connectivity index (χ3n) is 3.52. The molecule has 0 bridgehead atoms. The average molecular weight is 277 g/mol. The number of rotatable bonds is 6. The molecule has 20 heavy (non-hydrogen) atoms. The zero-order chi connectivity index (χ0) is 14.4. The van der Waals surface area contributed by atoms with Gasteiger partial charge in [0.2, 0.25) is 0 Å². The van der Waals surface area contributed by atoms with Crippen LogP contribution >= 0.6 is 0 Å². The Hall–Kier alpha value is -0.970. The van der Waals surface area contributed by atoms with Crippen molar-refractivity contribution in [3.8, 4) is 0 Å². The molecular formula is C16H27N3O. The molecule has 0 spiro atoms. The van der Waals surface area contributed by atoms with E-state index in [9.17, 15) is 0 Å². The molecule has 0 radical (unpaired) electrons. The maximum Gasteiger partial charge on any atom is 0.0678 e. The Labute approximate surface area is 122 Å². The molecule has 112 valence electrons. The van der Waals surface area contributed by atoms with Gasteiger partial charge in [-0.05, 0) is 38.4 Å². The first-order valence-electron chi connectivity index (χ1n) is 7.69. The second kappa shape index (κ2) is 7.72. The van der Waals surface area contributed by atoms with Gasteiger partial charge in [-0.25, -0.2) is 0 Å². The second-order valence-corrected chi connectivity index (χ2v) is 5.79. The lowest BCUT2D eigenvalue weighted by Gasteiger charge is -2.35. The van der Waals surface area contributed by atoms with E-state index in [1.165, 1.54) is 12.0 Å². The number of hydrogen-bond acceptors (Lipinski definition) is 4. The van der Waals surface area contributed by atoms with Gasteiger partial charge in [-0.3, -0.25) is 9.88 Å². The molecule has 1 N–H and O–H groups in total. The van der Waals surface area contributed by atoms with Crippen molar-refractivity contribution < 1.29 is 4.74 Å². The zero-order valence-corrected chi connectivity index (χ0v) is 12.9. The van der Waals surface area contributed by atoms with Crippen LogP contribution in [0.1, 0.15) is 38.4 Å². The van der Waals surface area contributed by atoms with Crippen LogP contribution in [0.25, 0.3) is 0 Å². The zero-order valence-electron chi connectivity index (χ0n) is 12.9. The maximum atomic E-state index is 5.76. The highest BCUT2D eigenvalue weighted by Crippen LogP contribution is 2.13.